The number of pyridine rings is 1. The van der Waals surface area contributed by atoms with Crippen LogP contribution >= 0.6 is 0 Å². The van der Waals surface area contributed by atoms with E-state index < -0.39 is 16.6 Å². The molecule has 0 amide bonds. The topological polar surface area (TPSA) is 146 Å². The zero-order chi connectivity index (χ0) is 16.1. The number of nitrogens with zero attached hydrogens (tertiary/aromatic N) is 4. The van der Waals surface area contributed by atoms with E-state index in [1.54, 1.807) is 6.92 Å². The molecule has 10 heteroatoms. The van der Waals surface area contributed by atoms with Gasteiger partial charge in [-0.3, -0.25) is 10.1 Å². The fraction of sp³-hybridized carbons (Fsp3) is 0.167. The summed E-state index contributed by atoms with van der Waals surface area (Å²) in [6.45, 7) is 1.92. The molecule has 2 rings (SSSR count). The van der Waals surface area contributed by atoms with E-state index in [1.807, 2.05) is 0 Å². The van der Waals surface area contributed by atoms with E-state index in [9.17, 15) is 14.9 Å². The summed E-state index contributed by atoms with van der Waals surface area (Å²) in [6.07, 6.45) is 2.45. The number of hydrogen-bond donors (Lipinski definition) is 2. The first-order valence-electron chi connectivity index (χ1n) is 6.18. The Balaban J connectivity index is 2.32. The predicted molar refractivity (Wildman–Crippen MR) is 76.6 cm³/mol. The maximum Gasteiger partial charge on any atom is 0.353 e. The van der Waals surface area contributed by atoms with E-state index in [1.165, 1.54) is 18.3 Å². The molecule has 2 aromatic rings. The van der Waals surface area contributed by atoms with Crippen molar-refractivity contribution in [3.8, 4) is 0 Å². The Bertz CT molecular complexity index is 721. The van der Waals surface area contributed by atoms with E-state index in [0.717, 1.165) is 6.33 Å². The van der Waals surface area contributed by atoms with Crippen molar-refractivity contribution in [1.82, 2.24) is 15.0 Å². The van der Waals surface area contributed by atoms with Gasteiger partial charge in [-0.15, -0.1) is 0 Å². The standard InChI is InChI=1S/C12H12N6O4/c1-2-22-12(19)7-3-4-14-8(5-7)17-11-9(18(20)21)10(13)15-6-16-11/h3-6H,2H2,1H3,(H3,13,14,15,16,17). The van der Waals surface area contributed by atoms with Gasteiger partial charge in [0.2, 0.25) is 11.6 Å². The van der Waals surface area contributed by atoms with Crippen LogP contribution in [0.15, 0.2) is 24.7 Å². The number of carbonyl (C=O) groups is 1. The van der Waals surface area contributed by atoms with Gasteiger partial charge in [0.05, 0.1) is 17.1 Å². The average Bonchev–Trinajstić information content (AvgIpc) is 2.47. The van der Waals surface area contributed by atoms with Crippen molar-refractivity contribution in [2.45, 2.75) is 6.92 Å². The zero-order valence-corrected chi connectivity index (χ0v) is 11.5. The molecule has 2 heterocycles. The van der Waals surface area contributed by atoms with Crippen LogP contribution in [-0.4, -0.2) is 32.5 Å². The molecule has 0 aromatic carbocycles. The molecular weight excluding hydrogens is 292 g/mol. The second-order valence-electron chi connectivity index (χ2n) is 3.99. The lowest BCUT2D eigenvalue weighted by molar-refractivity contribution is -0.383. The summed E-state index contributed by atoms with van der Waals surface area (Å²) in [5, 5.41) is 13.6. The second-order valence-corrected chi connectivity index (χ2v) is 3.99. The molecule has 0 aliphatic carbocycles. The van der Waals surface area contributed by atoms with Crippen molar-refractivity contribution in [1.29, 1.82) is 0 Å². The molecule has 0 bridgehead atoms. The van der Waals surface area contributed by atoms with Crippen LogP contribution < -0.4 is 11.1 Å². The maximum absolute atomic E-state index is 11.6. The Morgan fingerprint density at radius 2 is 2.23 bits per heavy atom. The summed E-state index contributed by atoms with van der Waals surface area (Å²) in [4.78, 5) is 33.2. The molecule has 2 aromatic heterocycles. The summed E-state index contributed by atoms with van der Waals surface area (Å²) in [5.74, 6) is -0.730. The van der Waals surface area contributed by atoms with E-state index in [4.69, 9.17) is 10.5 Å². The van der Waals surface area contributed by atoms with Crippen LogP contribution in [-0.2, 0) is 4.74 Å². The van der Waals surface area contributed by atoms with Gasteiger partial charge < -0.3 is 15.8 Å². The Labute approximate surface area is 124 Å². The van der Waals surface area contributed by atoms with E-state index in [2.05, 4.69) is 20.3 Å². The normalized spacial score (nSPS) is 10.0. The summed E-state index contributed by atoms with van der Waals surface area (Å²) < 4.78 is 4.87. The Morgan fingerprint density at radius 3 is 2.91 bits per heavy atom. The van der Waals surface area contributed by atoms with Gasteiger partial charge in [0, 0.05) is 6.20 Å². The number of hydrogen-bond acceptors (Lipinski definition) is 9. The molecule has 0 saturated heterocycles. The van der Waals surface area contributed by atoms with Crippen molar-refractivity contribution >= 4 is 29.1 Å². The van der Waals surface area contributed by atoms with Gasteiger partial charge in [-0.2, -0.15) is 0 Å². The Kier molecular flexibility index (Phi) is 4.41. The fourth-order valence-electron chi connectivity index (χ4n) is 1.63. The highest BCUT2D eigenvalue weighted by molar-refractivity contribution is 5.90. The van der Waals surface area contributed by atoms with Crippen molar-refractivity contribution in [2.24, 2.45) is 0 Å². The number of anilines is 3. The first kappa shape index (κ1) is 15.1. The molecular formula is C12H12N6O4. The molecule has 0 spiro atoms. The molecule has 0 fully saturated rings. The molecule has 114 valence electrons. The molecule has 0 saturated carbocycles. The van der Waals surface area contributed by atoms with Crippen molar-refractivity contribution in [3.63, 3.8) is 0 Å². The van der Waals surface area contributed by atoms with Gasteiger partial charge in [-0.25, -0.2) is 19.7 Å². The average molecular weight is 304 g/mol. The lowest BCUT2D eigenvalue weighted by Gasteiger charge is -2.07. The van der Waals surface area contributed by atoms with Crippen LogP contribution in [0.3, 0.4) is 0 Å². The third-order valence-corrected chi connectivity index (χ3v) is 2.55. The van der Waals surface area contributed by atoms with E-state index >= 15 is 0 Å². The number of aromatic nitrogens is 3. The lowest BCUT2D eigenvalue weighted by atomic mass is 10.2. The van der Waals surface area contributed by atoms with Gasteiger partial charge in [-0.1, -0.05) is 0 Å². The number of nitrogen functional groups attached to an aromatic ring is 1. The highest BCUT2D eigenvalue weighted by Gasteiger charge is 2.21. The minimum atomic E-state index is -0.702. The molecule has 0 atom stereocenters. The van der Waals surface area contributed by atoms with Gasteiger partial charge in [0.25, 0.3) is 0 Å². The summed E-state index contributed by atoms with van der Waals surface area (Å²) in [5.41, 5.74) is 5.25. The van der Waals surface area contributed by atoms with Crippen LogP contribution in [0.4, 0.5) is 23.1 Å². The summed E-state index contributed by atoms with van der Waals surface area (Å²) >= 11 is 0. The van der Waals surface area contributed by atoms with Gasteiger partial charge >= 0.3 is 11.7 Å². The number of carbonyl (C=O) groups excluding carboxylic acids is 1. The van der Waals surface area contributed by atoms with Crippen LogP contribution in [0.5, 0.6) is 0 Å². The SMILES string of the molecule is CCOC(=O)c1ccnc(Nc2ncnc(N)c2[N+](=O)[O-])c1. The highest BCUT2D eigenvalue weighted by Crippen LogP contribution is 2.28. The number of nitrogens with two attached hydrogens (primary N) is 1. The number of nitrogens with one attached hydrogen (secondary N) is 1. The molecule has 10 nitrogen and oxygen atoms in total. The Morgan fingerprint density at radius 1 is 1.45 bits per heavy atom. The molecule has 0 radical (unpaired) electrons. The minimum Gasteiger partial charge on any atom is -0.462 e. The van der Waals surface area contributed by atoms with Crippen molar-refractivity contribution in [2.75, 3.05) is 17.7 Å². The van der Waals surface area contributed by atoms with E-state index in [-0.39, 0.29) is 29.6 Å². The third kappa shape index (κ3) is 3.23. The molecule has 3 N–H and O–H groups in total. The number of esters is 1. The van der Waals surface area contributed by atoms with Crippen LogP contribution in [0.25, 0.3) is 0 Å². The van der Waals surface area contributed by atoms with Gasteiger partial charge in [0.1, 0.15) is 12.1 Å². The first-order valence-corrected chi connectivity index (χ1v) is 6.18. The third-order valence-electron chi connectivity index (χ3n) is 2.55. The smallest absolute Gasteiger partial charge is 0.353 e. The number of ether oxygens (including phenoxy) is 1. The van der Waals surface area contributed by atoms with Crippen molar-refractivity contribution in [3.05, 3.63) is 40.3 Å². The largest absolute Gasteiger partial charge is 0.462 e. The highest BCUT2D eigenvalue weighted by atomic mass is 16.6. The maximum atomic E-state index is 11.6. The second kappa shape index (κ2) is 6.43. The lowest BCUT2D eigenvalue weighted by Crippen LogP contribution is -2.08. The van der Waals surface area contributed by atoms with Crippen LogP contribution in [0.1, 0.15) is 17.3 Å². The van der Waals surface area contributed by atoms with Gasteiger partial charge in [0.15, 0.2) is 0 Å². The molecule has 0 unspecified atom stereocenters. The van der Waals surface area contributed by atoms with Crippen LogP contribution in [0.2, 0.25) is 0 Å². The zero-order valence-electron chi connectivity index (χ0n) is 11.5. The van der Waals surface area contributed by atoms with E-state index in [0.29, 0.717) is 0 Å². The molecule has 0 aliphatic rings. The fourth-order valence-corrected chi connectivity index (χ4v) is 1.63. The minimum absolute atomic E-state index is 0.119. The molecule has 22 heavy (non-hydrogen) atoms. The predicted octanol–water partition coefficient (Wildman–Crippen LogP) is 1.28. The van der Waals surface area contributed by atoms with Crippen LogP contribution in [0, 0.1) is 10.1 Å². The Hall–Kier alpha value is -3.30. The quantitative estimate of drug-likeness (QED) is 0.473. The van der Waals surface area contributed by atoms with Crippen molar-refractivity contribution < 1.29 is 14.5 Å². The van der Waals surface area contributed by atoms with Gasteiger partial charge in [-0.05, 0) is 19.1 Å². The summed E-state index contributed by atoms with van der Waals surface area (Å²) in [6, 6.07) is 2.85. The number of rotatable bonds is 5. The summed E-state index contributed by atoms with van der Waals surface area (Å²) in [7, 11) is 0. The first-order chi connectivity index (χ1) is 10.5. The number of nitro groups is 1. The monoisotopic (exact) mass is 304 g/mol. The molecule has 0 aliphatic heterocycles.